The Morgan fingerprint density at radius 2 is 1.95 bits per heavy atom. The fraction of sp³-hybridized carbons (Fsp3) is 0.643. The lowest BCUT2D eigenvalue weighted by molar-refractivity contribution is 0.0506. The number of rotatable bonds is 4. The molecule has 3 N–H and O–H groups in total. The normalized spacial score (nSPS) is 20.6. The first-order chi connectivity index (χ1) is 9.65. The largest absolute Gasteiger partial charge is 0.388 e. The summed E-state index contributed by atoms with van der Waals surface area (Å²) < 4.78 is 0. The van der Waals surface area contributed by atoms with Gasteiger partial charge in [-0.3, -0.25) is 0 Å². The van der Waals surface area contributed by atoms with E-state index in [1.165, 1.54) is 0 Å². The molecule has 0 aliphatic heterocycles. The molecule has 3 rings (SSSR count). The molecule has 0 radical (unpaired) electrons. The topological polar surface area (TPSA) is 87.1 Å². The minimum Gasteiger partial charge on any atom is -0.388 e. The van der Waals surface area contributed by atoms with E-state index >= 15 is 0 Å². The van der Waals surface area contributed by atoms with Gasteiger partial charge in [0.2, 0.25) is 0 Å². The molecule has 1 aromatic heterocycles. The van der Waals surface area contributed by atoms with Crippen LogP contribution in [0.3, 0.4) is 0 Å². The molecular weight excluding hydrogens is 256 g/mol. The molecule has 0 saturated heterocycles. The zero-order valence-electron chi connectivity index (χ0n) is 11.4. The fourth-order valence-corrected chi connectivity index (χ4v) is 2.58. The summed E-state index contributed by atoms with van der Waals surface area (Å²) in [5.41, 5.74) is -0.158. The molecule has 1 aromatic rings. The fourth-order valence-electron chi connectivity index (χ4n) is 2.58. The third-order valence-electron chi connectivity index (χ3n) is 3.98. The van der Waals surface area contributed by atoms with Crippen LogP contribution in [-0.2, 0) is 0 Å². The summed E-state index contributed by atoms with van der Waals surface area (Å²) in [6.45, 7) is 0.292. The quantitative estimate of drug-likeness (QED) is 0.782. The summed E-state index contributed by atoms with van der Waals surface area (Å²) in [6, 6.07) is -0.326. The molecule has 20 heavy (non-hydrogen) atoms. The molecule has 108 valence electrons. The molecule has 2 saturated carbocycles. The third kappa shape index (κ3) is 3.25. The van der Waals surface area contributed by atoms with Gasteiger partial charge in [0.05, 0.1) is 23.7 Å². The Morgan fingerprint density at radius 3 is 2.55 bits per heavy atom. The van der Waals surface area contributed by atoms with E-state index in [9.17, 15) is 9.90 Å². The first-order valence-corrected chi connectivity index (χ1v) is 7.24. The van der Waals surface area contributed by atoms with E-state index in [4.69, 9.17) is 0 Å². The van der Waals surface area contributed by atoms with Crippen LogP contribution in [0.25, 0.3) is 0 Å². The number of anilines is 1. The lowest BCUT2D eigenvalue weighted by Crippen LogP contribution is -2.42. The van der Waals surface area contributed by atoms with Gasteiger partial charge >= 0.3 is 6.03 Å². The van der Waals surface area contributed by atoms with Crippen molar-refractivity contribution in [3.63, 3.8) is 0 Å². The molecule has 0 aromatic carbocycles. The van der Waals surface area contributed by atoms with Crippen molar-refractivity contribution in [3.8, 4) is 0 Å². The average molecular weight is 276 g/mol. The minimum absolute atomic E-state index is 0.292. The van der Waals surface area contributed by atoms with Gasteiger partial charge in [-0.25, -0.2) is 14.8 Å². The van der Waals surface area contributed by atoms with Crippen molar-refractivity contribution in [2.45, 2.75) is 50.0 Å². The van der Waals surface area contributed by atoms with Crippen molar-refractivity contribution in [2.75, 3.05) is 11.9 Å². The predicted octanol–water partition coefficient (Wildman–Crippen LogP) is 1.78. The Hall–Kier alpha value is -1.69. The van der Waals surface area contributed by atoms with E-state index in [0.717, 1.165) is 44.3 Å². The van der Waals surface area contributed by atoms with Crippen LogP contribution in [0.1, 0.15) is 50.3 Å². The van der Waals surface area contributed by atoms with E-state index in [-0.39, 0.29) is 6.03 Å². The second-order valence-corrected chi connectivity index (χ2v) is 5.84. The van der Waals surface area contributed by atoms with Crippen LogP contribution in [0.5, 0.6) is 0 Å². The van der Waals surface area contributed by atoms with Gasteiger partial charge in [0.25, 0.3) is 0 Å². The average Bonchev–Trinajstić information content (AvgIpc) is 3.20. The van der Waals surface area contributed by atoms with Crippen molar-refractivity contribution in [1.29, 1.82) is 0 Å². The van der Waals surface area contributed by atoms with E-state index < -0.39 is 5.60 Å². The number of aromatic nitrogens is 2. The van der Waals surface area contributed by atoms with E-state index in [1.807, 2.05) is 0 Å². The molecule has 2 aliphatic carbocycles. The van der Waals surface area contributed by atoms with Gasteiger partial charge in [-0.2, -0.15) is 0 Å². The molecular formula is C14H20N4O2. The number of amides is 2. The molecule has 0 spiro atoms. The summed E-state index contributed by atoms with van der Waals surface area (Å²) in [5, 5.41) is 15.5. The summed E-state index contributed by atoms with van der Waals surface area (Å²) >= 11 is 0. The Morgan fingerprint density at radius 1 is 1.30 bits per heavy atom. The second kappa shape index (κ2) is 5.36. The van der Waals surface area contributed by atoms with Crippen molar-refractivity contribution in [3.05, 3.63) is 18.2 Å². The number of hydrogen-bond donors (Lipinski definition) is 3. The summed E-state index contributed by atoms with van der Waals surface area (Å²) in [6.07, 6.45) is 9.14. The number of nitrogens with one attached hydrogen (secondary N) is 2. The van der Waals surface area contributed by atoms with Gasteiger partial charge < -0.3 is 15.7 Å². The number of carbonyl (C=O) groups is 1. The maximum atomic E-state index is 11.8. The predicted molar refractivity (Wildman–Crippen MR) is 74.4 cm³/mol. The van der Waals surface area contributed by atoms with Crippen LogP contribution in [0, 0.1) is 0 Å². The molecule has 0 unspecified atom stereocenters. The highest BCUT2D eigenvalue weighted by Gasteiger charge is 2.31. The molecule has 2 aliphatic rings. The Balaban J connectivity index is 1.48. The van der Waals surface area contributed by atoms with E-state index in [0.29, 0.717) is 18.2 Å². The number of nitrogens with zero attached hydrogens (tertiary/aromatic N) is 2. The van der Waals surface area contributed by atoms with Crippen LogP contribution in [0.15, 0.2) is 12.4 Å². The molecule has 6 nitrogen and oxygen atoms in total. The van der Waals surface area contributed by atoms with Crippen LogP contribution in [0.4, 0.5) is 10.5 Å². The summed E-state index contributed by atoms with van der Waals surface area (Å²) in [7, 11) is 0. The maximum Gasteiger partial charge on any atom is 0.319 e. The maximum absolute atomic E-state index is 11.8. The highest BCUT2D eigenvalue weighted by Crippen LogP contribution is 2.37. The van der Waals surface area contributed by atoms with Gasteiger partial charge in [0.15, 0.2) is 0 Å². The Bertz CT molecular complexity index is 478. The van der Waals surface area contributed by atoms with Crippen molar-refractivity contribution in [1.82, 2.24) is 15.3 Å². The van der Waals surface area contributed by atoms with E-state index in [2.05, 4.69) is 20.6 Å². The highest BCUT2D eigenvalue weighted by molar-refractivity contribution is 5.88. The van der Waals surface area contributed by atoms with Crippen LogP contribution < -0.4 is 10.6 Å². The second-order valence-electron chi connectivity index (χ2n) is 5.84. The van der Waals surface area contributed by atoms with Gasteiger partial charge in [-0.1, -0.05) is 12.8 Å². The lowest BCUT2D eigenvalue weighted by Gasteiger charge is -2.22. The van der Waals surface area contributed by atoms with Crippen LogP contribution >= 0.6 is 0 Å². The van der Waals surface area contributed by atoms with E-state index in [1.54, 1.807) is 12.4 Å². The molecule has 2 amide bonds. The van der Waals surface area contributed by atoms with Crippen molar-refractivity contribution in [2.24, 2.45) is 0 Å². The minimum atomic E-state index is -0.732. The SMILES string of the molecule is O=C(NCC1(O)CCCC1)Nc1cnc(C2CC2)nc1. The molecule has 6 heteroatoms. The van der Waals surface area contributed by atoms with Gasteiger partial charge in [-0.15, -0.1) is 0 Å². The molecule has 2 fully saturated rings. The Kier molecular flexibility index (Phi) is 3.56. The summed E-state index contributed by atoms with van der Waals surface area (Å²) in [5.74, 6) is 1.37. The zero-order valence-corrected chi connectivity index (χ0v) is 11.4. The smallest absolute Gasteiger partial charge is 0.319 e. The van der Waals surface area contributed by atoms with Crippen LogP contribution in [-0.4, -0.2) is 33.3 Å². The third-order valence-corrected chi connectivity index (χ3v) is 3.98. The number of carbonyl (C=O) groups excluding carboxylic acids is 1. The van der Waals surface area contributed by atoms with Crippen LogP contribution in [0.2, 0.25) is 0 Å². The number of urea groups is 1. The van der Waals surface area contributed by atoms with Crippen molar-refractivity contribution < 1.29 is 9.90 Å². The number of hydrogen-bond acceptors (Lipinski definition) is 4. The first-order valence-electron chi connectivity index (χ1n) is 7.24. The van der Waals surface area contributed by atoms with Gasteiger partial charge in [0, 0.05) is 12.5 Å². The van der Waals surface area contributed by atoms with Gasteiger partial charge in [-0.05, 0) is 25.7 Å². The molecule has 1 heterocycles. The molecule has 0 atom stereocenters. The number of aliphatic hydroxyl groups is 1. The highest BCUT2D eigenvalue weighted by atomic mass is 16.3. The first kappa shape index (κ1) is 13.3. The summed E-state index contributed by atoms with van der Waals surface area (Å²) in [4.78, 5) is 20.2. The monoisotopic (exact) mass is 276 g/mol. The van der Waals surface area contributed by atoms with Crippen molar-refractivity contribution >= 4 is 11.7 Å². The zero-order chi connectivity index (χ0) is 14.0. The molecule has 0 bridgehead atoms. The Labute approximate surface area is 118 Å². The van der Waals surface area contributed by atoms with Gasteiger partial charge in [0.1, 0.15) is 5.82 Å². The standard InChI is InChI=1S/C14H20N4O2/c19-13(17-9-14(20)5-1-2-6-14)18-11-7-15-12(16-8-11)10-3-4-10/h7-8,10,20H,1-6,9H2,(H2,17,18,19). The lowest BCUT2D eigenvalue weighted by atomic mass is 10.0.